The number of methoxy groups -OCH3 is 1. The summed E-state index contributed by atoms with van der Waals surface area (Å²) in [7, 11) is 1.27. The summed E-state index contributed by atoms with van der Waals surface area (Å²) in [4.78, 5) is 26.2. The molecule has 2 heterocycles. The Morgan fingerprint density at radius 1 is 1.24 bits per heavy atom. The van der Waals surface area contributed by atoms with Crippen LogP contribution >= 0.6 is 23.2 Å². The SMILES string of the molecule is COC(=O)Cc1c(C)c2cc(Cl)c3c(c2oc1=O)CN(c1ccccc1Cl)CO3. The average Bonchev–Trinajstić information content (AvgIpc) is 2.72. The summed E-state index contributed by atoms with van der Waals surface area (Å²) in [6.07, 6.45) is -0.169. The Bertz CT molecular complexity index is 1190. The van der Waals surface area contributed by atoms with E-state index in [0.717, 1.165) is 5.69 Å². The molecule has 0 saturated heterocycles. The number of hydrogen-bond acceptors (Lipinski definition) is 6. The predicted octanol–water partition coefficient (Wildman–Crippen LogP) is 4.48. The lowest BCUT2D eigenvalue weighted by atomic mass is 10.00. The van der Waals surface area contributed by atoms with Gasteiger partial charge >= 0.3 is 11.6 Å². The Labute approximate surface area is 176 Å². The van der Waals surface area contributed by atoms with Gasteiger partial charge in [0, 0.05) is 5.39 Å². The van der Waals surface area contributed by atoms with Crippen molar-refractivity contribution in [1.82, 2.24) is 0 Å². The zero-order valence-corrected chi connectivity index (χ0v) is 17.3. The van der Waals surface area contributed by atoms with Crippen LogP contribution in [0.25, 0.3) is 11.0 Å². The van der Waals surface area contributed by atoms with Crippen LogP contribution in [0.2, 0.25) is 10.0 Å². The van der Waals surface area contributed by atoms with E-state index in [0.29, 0.717) is 44.4 Å². The molecule has 1 aliphatic heterocycles. The number of nitrogens with zero attached hydrogens (tertiary/aromatic N) is 1. The number of aryl methyl sites for hydroxylation is 1. The van der Waals surface area contributed by atoms with Gasteiger partial charge in [-0.15, -0.1) is 0 Å². The molecular weight excluding hydrogens is 417 g/mol. The lowest BCUT2D eigenvalue weighted by Gasteiger charge is -2.32. The van der Waals surface area contributed by atoms with Gasteiger partial charge in [0.25, 0.3) is 0 Å². The molecule has 6 nitrogen and oxygen atoms in total. The molecule has 2 aromatic carbocycles. The standard InChI is InChI=1S/C21H17Cl2NO5/c1-11-12-7-16(23)20-14(19(12)29-21(26)13(11)8-18(25)27-2)9-24(10-28-20)17-6-4-3-5-15(17)22/h3-7H,8-10H2,1-2H3. The number of fused-ring (bicyclic) bond motifs is 3. The summed E-state index contributed by atoms with van der Waals surface area (Å²) in [6, 6.07) is 9.11. The molecule has 4 rings (SSSR count). The van der Waals surface area contributed by atoms with Crippen LogP contribution < -0.4 is 15.3 Å². The normalized spacial score (nSPS) is 13.2. The third-order valence-corrected chi connectivity index (χ3v) is 5.63. The number of halogens is 2. The van der Waals surface area contributed by atoms with Crippen molar-refractivity contribution in [3.63, 3.8) is 0 Å². The van der Waals surface area contributed by atoms with Gasteiger partial charge in [0.15, 0.2) is 6.73 Å². The highest BCUT2D eigenvalue weighted by Crippen LogP contribution is 2.41. The molecule has 0 amide bonds. The summed E-state index contributed by atoms with van der Waals surface area (Å²) in [5.74, 6) is -0.0391. The molecule has 0 bridgehead atoms. The topological polar surface area (TPSA) is 69.0 Å². The number of esters is 1. The molecule has 0 unspecified atom stereocenters. The lowest BCUT2D eigenvalue weighted by Crippen LogP contribution is -2.32. The summed E-state index contributed by atoms with van der Waals surface area (Å²) >= 11 is 12.8. The maximum atomic E-state index is 12.6. The molecule has 0 aliphatic carbocycles. The minimum absolute atomic E-state index is 0.169. The first-order chi connectivity index (χ1) is 13.9. The Morgan fingerprint density at radius 3 is 2.72 bits per heavy atom. The van der Waals surface area contributed by atoms with Gasteiger partial charge in [-0.25, -0.2) is 4.79 Å². The second-order valence-corrected chi connectivity index (χ2v) is 7.53. The van der Waals surface area contributed by atoms with Crippen molar-refractivity contribution in [2.24, 2.45) is 0 Å². The van der Waals surface area contributed by atoms with E-state index in [1.807, 2.05) is 23.1 Å². The molecule has 1 aromatic heterocycles. The molecule has 0 N–H and O–H groups in total. The molecule has 3 aromatic rings. The molecule has 8 heteroatoms. The van der Waals surface area contributed by atoms with E-state index in [1.54, 1.807) is 19.1 Å². The number of carbonyl (C=O) groups is 1. The number of benzene rings is 2. The number of ether oxygens (including phenoxy) is 2. The molecule has 29 heavy (non-hydrogen) atoms. The molecule has 0 atom stereocenters. The van der Waals surface area contributed by atoms with Crippen molar-refractivity contribution in [3.8, 4) is 5.75 Å². The van der Waals surface area contributed by atoms with Crippen LogP contribution in [0.5, 0.6) is 5.75 Å². The van der Waals surface area contributed by atoms with E-state index in [2.05, 4.69) is 4.74 Å². The molecule has 0 saturated carbocycles. The highest BCUT2D eigenvalue weighted by Gasteiger charge is 2.27. The molecular formula is C21H17Cl2NO5. The summed E-state index contributed by atoms with van der Waals surface area (Å²) < 4.78 is 16.2. The van der Waals surface area contributed by atoms with Gasteiger partial charge in [-0.3, -0.25) is 4.79 Å². The maximum Gasteiger partial charge on any atom is 0.340 e. The van der Waals surface area contributed by atoms with Crippen LogP contribution in [0.4, 0.5) is 5.69 Å². The predicted molar refractivity (Wildman–Crippen MR) is 111 cm³/mol. The van der Waals surface area contributed by atoms with Crippen molar-refractivity contribution < 1.29 is 18.7 Å². The quantitative estimate of drug-likeness (QED) is 0.447. The van der Waals surface area contributed by atoms with Crippen LogP contribution in [0.3, 0.4) is 0 Å². The van der Waals surface area contributed by atoms with Crippen molar-refractivity contribution >= 4 is 45.8 Å². The first-order valence-electron chi connectivity index (χ1n) is 8.87. The first kappa shape index (κ1) is 19.6. The first-order valence-corrected chi connectivity index (χ1v) is 9.63. The fourth-order valence-electron chi connectivity index (χ4n) is 3.50. The van der Waals surface area contributed by atoms with Gasteiger partial charge in [-0.05, 0) is 30.7 Å². The van der Waals surface area contributed by atoms with Crippen LogP contribution in [0, 0.1) is 6.92 Å². The Kier molecular flexibility index (Phi) is 5.15. The van der Waals surface area contributed by atoms with E-state index in [4.69, 9.17) is 32.4 Å². The highest BCUT2D eigenvalue weighted by atomic mass is 35.5. The van der Waals surface area contributed by atoms with Gasteiger partial charge in [0.2, 0.25) is 0 Å². The molecule has 0 fully saturated rings. The van der Waals surface area contributed by atoms with E-state index in [1.165, 1.54) is 7.11 Å². The van der Waals surface area contributed by atoms with Crippen molar-refractivity contribution in [2.45, 2.75) is 19.9 Å². The van der Waals surface area contributed by atoms with Gasteiger partial charge in [-0.2, -0.15) is 0 Å². The molecule has 1 aliphatic rings. The third-order valence-electron chi connectivity index (χ3n) is 5.03. The monoisotopic (exact) mass is 433 g/mol. The lowest BCUT2D eigenvalue weighted by molar-refractivity contribution is -0.139. The average molecular weight is 434 g/mol. The van der Waals surface area contributed by atoms with Crippen LogP contribution in [0.1, 0.15) is 16.7 Å². The number of para-hydroxylation sites is 1. The van der Waals surface area contributed by atoms with E-state index >= 15 is 0 Å². The summed E-state index contributed by atoms with van der Waals surface area (Å²) in [6.45, 7) is 2.41. The van der Waals surface area contributed by atoms with E-state index < -0.39 is 11.6 Å². The maximum absolute atomic E-state index is 12.6. The van der Waals surface area contributed by atoms with E-state index in [-0.39, 0.29) is 18.7 Å². The van der Waals surface area contributed by atoms with Crippen molar-refractivity contribution in [3.05, 3.63) is 67.5 Å². The summed E-state index contributed by atoms with van der Waals surface area (Å²) in [5, 5.41) is 1.65. The second kappa shape index (κ2) is 7.61. The molecule has 0 spiro atoms. The van der Waals surface area contributed by atoms with Crippen molar-refractivity contribution in [1.29, 1.82) is 0 Å². The number of carbonyl (C=O) groups excluding carboxylic acids is 1. The minimum Gasteiger partial charge on any atom is -0.471 e. The third kappa shape index (κ3) is 3.43. The Balaban J connectivity index is 1.87. The van der Waals surface area contributed by atoms with Gasteiger partial charge in [-0.1, -0.05) is 35.3 Å². The van der Waals surface area contributed by atoms with Crippen LogP contribution in [0.15, 0.2) is 39.5 Å². The Morgan fingerprint density at radius 2 is 2.00 bits per heavy atom. The zero-order valence-electron chi connectivity index (χ0n) is 15.8. The minimum atomic E-state index is -0.584. The number of rotatable bonds is 3. The number of hydrogen-bond donors (Lipinski definition) is 0. The van der Waals surface area contributed by atoms with Gasteiger partial charge in [0.05, 0.1) is 46.9 Å². The van der Waals surface area contributed by atoms with Crippen LogP contribution in [-0.2, 0) is 22.5 Å². The van der Waals surface area contributed by atoms with Gasteiger partial charge < -0.3 is 18.8 Å². The largest absolute Gasteiger partial charge is 0.471 e. The zero-order chi connectivity index (χ0) is 20.7. The van der Waals surface area contributed by atoms with Gasteiger partial charge in [0.1, 0.15) is 11.3 Å². The number of anilines is 1. The Hall–Kier alpha value is -2.70. The van der Waals surface area contributed by atoms with Crippen molar-refractivity contribution in [2.75, 3.05) is 18.7 Å². The summed E-state index contributed by atoms with van der Waals surface area (Å²) in [5.41, 5.74) is 2.14. The second-order valence-electron chi connectivity index (χ2n) is 6.71. The fraction of sp³-hybridized carbons (Fsp3) is 0.238. The highest BCUT2D eigenvalue weighted by molar-refractivity contribution is 6.33. The van der Waals surface area contributed by atoms with Crippen LogP contribution in [-0.4, -0.2) is 19.8 Å². The molecule has 0 radical (unpaired) electrons. The fourth-order valence-corrected chi connectivity index (χ4v) is 4.03. The van der Waals surface area contributed by atoms with E-state index in [9.17, 15) is 9.59 Å². The molecule has 150 valence electrons. The smallest absolute Gasteiger partial charge is 0.340 e.